The van der Waals surface area contributed by atoms with E-state index in [1.54, 1.807) is 10.7 Å². The Labute approximate surface area is 172 Å². The van der Waals surface area contributed by atoms with Crippen LogP contribution in [0.15, 0.2) is 35.1 Å². The van der Waals surface area contributed by atoms with Crippen LogP contribution in [0.25, 0.3) is 0 Å². The molecule has 1 atom stereocenters. The molecule has 1 aromatic heterocycles. The van der Waals surface area contributed by atoms with Gasteiger partial charge in [-0.2, -0.15) is 5.10 Å². The summed E-state index contributed by atoms with van der Waals surface area (Å²) < 4.78 is 1.63. The smallest absolute Gasteiger partial charge is 0.267 e. The van der Waals surface area contributed by atoms with Crippen LogP contribution in [0.1, 0.15) is 72.1 Å². The highest BCUT2D eigenvalue weighted by Crippen LogP contribution is 2.23. The molecule has 4 rings (SSSR count). The summed E-state index contributed by atoms with van der Waals surface area (Å²) in [5.41, 5.74) is 4.09. The average molecular weight is 394 g/mol. The molecule has 2 heterocycles. The number of hydrogen-bond acceptors (Lipinski definition) is 3. The van der Waals surface area contributed by atoms with Crippen LogP contribution < -0.4 is 5.56 Å². The van der Waals surface area contributed by atoms with Crippen molar-refractivity contribution in [2.45, 2.75) is 77.3 Å². The molecule has 2 aromatic rings. The third kappa shape index (κ3) is 4.60. The predicted octanol–water partition coefficient (Wildman–Crippen LogP) is 3.91. The van der Waals surface area contributed by atoms with Crippen LogP contribution in [0.3, 0.4) is 0 Å². The average Bonchev–Trinajstić information content (AvgIpc) is 2.96. The van der Waals surface area contributed by atoms with Crippen LogP contribution in [-0.2, 0) is 19.4 Å². The zero-order valence-electron chi connectivity index (χ0n) is 17.4. The van der Waals surface area contributed by atoms with Gasteiger partial charge in [0.1, 0.15) is 0 Å². The normalized spacial score (nSPS) is 19.5. The van der Waals surface area contributed by atoms with Gasteiger partial charge in [0.25, 0.3) is 11.5 Å². The van der Waals surface area contributed by atoms with Gasteiger partial charge in [-0.1, -0.05) is 24.1 Å². The molecule has 1 aliphatic heterocycles. The van der Waals surface area contributed by atoms with Crippen LogP contribution in [0, 0.1) is 6.92 Å². The Kier molecular flexibility index (Phi) is 6.12. The molecule has 0 saturated carbocycles. The molecule has 5 heteroatoms. The van der Waals surface area contributed by atoms with Crippen molar-refractivity contribution in [2.24, 2.45) is 0 Å². The van der Waals surface area contributed by atoms with E-state index in [9.17, 15) is 9.59 Å². The van der Waals surface area contributed by atoms with Crippen molar-refractivity contribution in [3.05, 3.63) is 63.1 Å². The number of carbonyl (C=O) groups excluding carboxylic acids is 1. The van der Waals surface area contributed by atoms with E-state index >= 15 is 0 Å². The molecule has 0 spiro atoms. The molecule has 154 valence electrons. The fourth-order valence-corrected chi connectivity index (χ4v) is 4.72. The standard InChI is InChI=1S/C24H31N3O2/c1-18-8-7-10-20(16-18)24(29)26-14-6-5-11-21(26)13-15-27-23(28)17-19-9-3-2-4-12-22(19)25-27/h7-8,10,16-17,21H,2-6,9,11-15H2,1H3/t21-/m0/s1. The summed E-state index contributed by atoms with van der Waals surface area (Å²) in [4.78, 5) is 27.7. The van der Waals surface area contributed by atoms with E-state index in [0.29, 0.717) is 6.54 Å². The summed E-state index contributed by atoms with van der Waals surface area (Å²) in [5, 5.41) is 4.70. The molecule has 1 fully saturated rings. The monoisotopic (exact) mass is 393 g/mol. The van der Waals surface area contributed by atoms with Crippen molar-refractivity contribution in [3.8, 4) is 0 Å². The Bertz CT molecular complexity index is 934. The first-order valence-electron chi connectivity index (χ1n) is 11.1. The summed E-state index contributed by atoms with van der Waals surface area (Å²) in [7, 11) is 0. The van der Waals surface area contributed by atoms with E-state index in [1.165, 1.54) is 6.42 Å². The number of hydrogen-bond donors (Lipinski definition) is 0. The van der Waals surface area contributed by atoms with Crippen molar-refractivity contribution in [3.63, 3.8) is 0 Å². The van der Waals surface area contributed by atoms with Crippen molar-refractivity contribution in [1.29, 1.82) is 0 Å². The van der Waals surface area contributed by atoms with Gasteiger partial charge < -0.3 is 4.90 Å². The van der Waals surface area contributed by atoms with Crippen LogP contribution in [0.4, 0.5) is 0 Å². The van der Waals surface area contributed by atoms with E-state index in [4.69, 9.17) is 5.10 Å². The van der Waals surface area contributed by atoms with E-state index < -0.39 is 0 Å². The number of nitrogens with zero attached hydrogens (tertiary/aromatic N) is 3. The molecule has 0 radical (unpaired) electrons. The lowest BCUT2D eigenvalue weighted by atomic mass is 9.98. The molecule has 1 amide bonds. The number of aromatic nitrogens is 2. The number of likely N-dealkylation sites (tertiary alicyclic amines) is 1. The number of benzene rings is 1. The van der Waals surface area contributed by atoms with E-state index in [0.717, 1.165) is 80.3 Å². The zero-order chi connectivity index (χ0) is 20.2. The van der Waals surface area contributed by atoms with Gasteiger partial charge in [-0.3, -0.25) is 9.59 Å². The Morgan fingerprint density at radius 3 is 2.83 bits per heavy atom. The fraction of sp³-hybridized carbons (Fsp3) is 0.542. The summed E-state index contributed by atoms with van der Waals surface area (Å²) in [6.07, 6.45) is 9.41. The summed E-state index contributed by atoms with van der Waals surface area (Å²) in [6.45, 7) is 3.39. The second kappa shape index (κ2) is 8.93. The molecular weight excluding hydrogens is 362 g/mol. The minimum Gasteiger partial charge on any atom is -0.336 e. The molecular formula is C24H31N3O2. The molecule has 29 heavy (non-hydrogen) atoms. The van der Waals surface area contributed by atoms with Gasteiger partial charge in [-0.05, 0) is 76.0 Å². The molecule has 5 nitrogen and oxygen atoms in total. The highest BCUT2D eigenvalue weighted by Gasteiger charge is 2.27. The lowest BCUT2D eigenvalue weighted by molar-refractivity contribution is 0.0593. The topological polar surface area (TPSA) is 55.2 Å². The first kappa shape index (κ1) is 19.9. The molecule has 0 N–H and O–H groups in total. The molecule has 0 bridgehead atoms. The third-order valence-corrected chi connectivity index (χ3v) is 6.35. The van der Waals surface area contributed by atoms with Crippen molar-refractivity contribution in [2.75, 3.05) is 6.54 Å². The summed E-state index contributed by atoms with van der Waals surface area (Å²) >= 11 is 0. The number of aryl methyl sites for hydroxylation is 4. The maximum atomic E-state index is 13.1. The maximum Gasteiger partial charge on any atom is 0.267 e. The number of carbonyl (C=O) groups is 1. The van der Waals surface area contributed by atoms with E-state index in [-0.39, 0.29) is 17.5 Å². The van der Waals surface area contributed by atoms with Crippen LogP contribution in [-0.4, -0.2) is 33.2 Å². The first-order valence-corrected chi connectivity index (χ1v) is 11.1. The van der Waals surface area contributed by atoms with Crippen LogP contribution >= 0.6 is 0 Å². The quantitative estimate of drug-likeness (QED) is 0.740. The van der Waals surface area contributed by atoms with Crippen LogP contribution in [0.2, 0.25) is 0 Å². The van der Waals surface area contributed by atoms with Gasteiger partial charge in [0.2, 0.25) is 0 Å². The summed E-state index contributed by atoms with van der Waals surface area (Å²) in [5.74, 6) is 0.112. The molecule has 2 aliphatic rings. The van der Waals surface area contributed by atoms with Gasteiger partial charge in [0, 0.05) is 30.8 Å². The van der Waals surface area contributed by atoms with Gasteiger partial charge in [0.15, 0.2) is 0 Å². The van der Waals surface area contributed by atoms with E-state index in [2.05, 4.69) is 0 Å². The zero-order valence-corrected chi connectivity index (χ0v) is 17.4. The SMILES string of the molecule is Cc1cccc(C(=O)N2CCCC[C@H]2CCn2nc3c(cc2=O)CCCCC3)c1. The number of rotatable bonds is 4. The minimum absolute atomic E-state index is 0.00183. The predicted molar refractivity (Wildman–Crippen MR) is 114 cm³/mol. The minimum atomic E-state index is -0.00183. The highest BCUT2D eigenvalue weighted by molar-refractivity contribution is 5.94. The van der Waals surface area contributed by atoms with Gasteiger partial charge in [-0.15, -0.1) is 0 Å². The number of piperidine rings is 1. The van der Waals surface area contributed by atoms with Gasteiger partial charge >= 0.3 is 0 Å². The third-order valence-electron chi connectivity index (χ3n) is 6.35. The van der Waals surface area contributed by atoms with Crippen LogP contribution in [0.5, 0.6) is 0 Å². The second-order valence-electron chi connectivity index (χ2n) is 8.54. The Morgan fingerprint density at radius 1 is 1.10 bits per heavy atom. The fourth-order valence-electron chi connectivity index (χ4n) is 4.72. The second-order valence-corrected chi connectivity index (χ2v) is 8.54. The van der Waals surface area contributed by atoms with Crippen molar-refractivity contribution in [1.82, 2.24) is 14.7 Å². The molecule has 0 unspecified atom stereocenters. The van der Waals surface area contributed by atoms with Crippen molar-refractivity contribution < 1.29 is 4.79 Å². The number of fused-ring (bicyclic) bond motifs is 1. The van der Waals surface area contributed by atoms with E-state index in [1.807, 2.05) is 36.1 Å². The molecule has 1 aliphatic carbocycles. The number of amides is 1. The Balaban J connectivity index is 1.48. The first-order chi connectivity index (χ1) is 14.1. The lowest BCUT2D eigenvalue weighted by Gasteiger charge is -2.36. The largest absolute Gasteiger partial charge is 0.336 e. The highest BCUT2D eigenvalue weighted by atomic mass is 16.2. The van der Waals surface area contributed by atoms with Gasteiger partial charge in [-0.25, -0.2) is 4.68 Å². The van der Waals surface area contributed by atoms with Gasteiger partial charge in [0.05, 0.1) is 5.69 Å². The maximum absolute atomic E-state index is 13.1. The lowest BCUT2D eigenvalue weighted by Crippen LogP contribution is -2.44. The molecule has 1 saturated heterocycles. The Hall–Kier alpha value is -2.43. The summed E-state index contributed by atoms with van der Waals surface area (Å²) in [6, 6.07) is 9.79. The molecule has 1 aromatic carbocycles. The van der Waals surface area contributed by atoms with Crippen molar-refractivity contribution >= 4 is 5.91 Å². The Morgan fingerprint density at radius 2 is 1.97 bits per heavy atom.